The van der Waals surface area contributed by atoms with Gasteiger partial charge in [0, 0.05) is 49.3 Å². The zero-order valence-electron chi connectivity index (χ0n) is 15.2. The van der Waals surface area contributed by atoms with E-state index in [0.717, 1.165) is 43.2 Å². The molecule has 1 amide bonds. The lowest BCUT2D eigenvalue weighted by atomic mass is 10.1. The number of nitrogens with zero attached hydrogens (tertiary/aromatic N) is 2. The molecule has 0 unspecified atom stereocenters. The molecule has 0 saturated carbocycles. The van der Waals surface area contributed by atoms with Crippen LogP contribution in [0.4, 0.5) is 11.4 Å². The average Bonchev–Trinajstić information content (AvgIpc) is 2.97. The Kier molecular flexibility index (Phi) is 4.29. The molecule has 0 radical (unpaired) electrons. The maximum Gasteiger partial charge on any atom is 0.257 e. The Labute approximate surface area is 153 Å². The number of hydrogen-bond acceptors (Lipinski definition) is 4. The van der Waals surface area contributed by atoms with Crippen LogP contribution in [0.3, 0.4) is 0 Å². The third-order valence-electron chi connectivity index (χ3n) is 5.00. The van der Waals surface area contributed by atoms with Gasteiger partial charge < -0.3 is 19.9 Å². The number of hydrogen-bond donors (Lipinski definition) is 1. The number of anilines is 2. The Morgan fingerprint density at radius 3 is 2.62 bits per heavy atom. The zero-order chi connectivity index (χ0) is 18.1. The molecule has 0 aromatic heterocycles. The first kappa shape index (κ1) is 16.5. The van der Waals surface area contributed by atoms with E-state index >= 15 is 0 Å². The van der Waals surface area contributed by atoms with Crippen LogP contribution in [0.1, 0.15) is 11.1 Å². The molecule has 0 aliphatic carbocycles. The SMILES string of the molecule is COc1ccc2c(c1)/C(=C\N1CCN(c3cccc(C)c3)CC1)C(=O)N2. The molecule has 5 heteroatoms. The summed E-state index contributed by atoms with van der Waals surface area (Å²) < 4.78 is 5.30. The Hall–Kier alpha value is -2.95. The van der Waals surface area contributed by atoms with E-state index in [0.29, 0.717) is 5.57 Å². The molecule has 2 heterocycles. The van der Waals surface area contributed by atoms with Crippen molar-refractivity contribution >= 4 is 22.9 Å². The van der Waals surface area contributed by atoms with Crippen LogP contribution >= 0.6 is 0 Å². The fourth-order valence-electron chi connectivity index (χ4n) is 3.54. The van der Waals surface area contributed by atoms with Gasteiger partial charge in [-0.2, -0.15) is 0 Å². The van der Waals surface area contributed by atoms with E-state index in [1.807, 2.05) is 24.4 Å². The number of fused-ring (bicyclic) bond motifs is 1. The predicted molar refractivity (Wildman–Crippen MR) is 105 cm³/mol. The van der Waals surface area contributed by atoms with Crippen LogP contribution in [0, 0.1) is 6.92 Å². The summed E-state index contributed by atoms with van der Waals surface area (Å²) in [4.78, 5) is 17.0. The number of nitrogens with one attached hydrogen (secondary N) is 1. The second-order valence-corrected chi connectivity index (χ2v) is 6.77. The van der Waals surface area contributed by atoms with Crippen molar-refractivity contribution in [2.24, 2.45) is 0 Å². The summed E-state index contributed by atoms with van der Waals surface area (Å²) in [6.07, 6.45) is 1.99. The number of methoxy groups -OCH3 is 1. The van der Waals surface area contributed by atoms with E-state index in [1.165, 1.54) is 11.3 Å². The van der Waals surface area contributed by atoms with Gasteiger partial charge in [-0.25, -0.2) is 0 Å². The summed E-state index contributed by atoms with van der Waals surface area (Å²) in [5, 5.41) is 2.93. The molecular weight excluding hydrogens is 326 g/mol. The maximum atomic E-state index is 12.4. The van der Waals surface area contributed by atoms with Crippen molar-refractivity contribution in [3.63, 3.8) is 0 Å². The molecule has 1 N–H and O–H groups in total. The highest BCUT2D eigenvalue weighted by atomic mass is 16.5. The van der Waals surface area contributed by atoms with Crippen LogP contribution in [0.15, 0.2) is 48.7 Å². The van der Waals surface area contributed by atoms with Crippen LogP contribution in [0.2, 0.25) is 0 Å². The van der Waals surface area contributed by atoms with Crippen LogP contribution in [0.25, 0.3) is 5.57 Å². The standard InChI is InChI=1S/C21H23N3O2/c1-15-4-3-5-16(12-15)24-10-8-23(9-11-24)14-19-18-13-17(26-2)6-7-20(18)22-21(19)25/h3-7,12-14H,8-11H2,1-2H3,(H,22,25)/b19-14+. The molecule has 1 saturated heterocycles. The van der Waals surface area contributed by atoms with Crippen molar-refractivity contribution in [2.75, 3.05) is 43.5 Å². The number of amides is 1. The molecule has 0 bridgehead atoms. The smallest absolute Gasteiger partial charge is 0.257 e. The van der Waals surface area contributed by atoms with Crippen molar-refractivity contribution in [3.8, 4) is 5.75 Å². The maximum absolute atomic E-state index is 12.4. The highest BCUT2D eigenvalue weighted by Gasteiger charge is 2.26. The van der Waals surface area contributed by atoms with Crippen molar-refractivity contribution in [1.82, 2.24) is 4.90 Å². The lowest BCUT2D eigenvalue weighted by Gasteiger charge is -2.36. The number of carbonyl (C=O) groups excluding carboxylic acids is 1. The predicted octanol–water partition coefficient (Wildman–Crippen LogP) is 3.12. The van der Waals surface area contributed by atoms with Gasteiger partial charge in [-0.3, -0.25) is 4.79 Å². The topological polar surface area (TPSA) is 44.8 Å². The molecule has 4 rings (SSSR count). The van der Waals surface area contributed by atoms with Crippen LogP contribution in [-0.4, -0.2) is 44.1 Å². The van der Waals surface area contributed by atoms with Gasteiger partial charge in [0.05, 0.1) is 12.7 Å². The number of piperazine rings is 1. The van der Waals surface area contributed by atoms with Crippen LogP contribution < -0.4 is 15.0 Å². The molecule has 1 fully saturated rings. The second-order valence-electron chi connectivity index (χ2n) is 6.77. The average molecular weight is 349 g/mol. The minimum atomic E-state index is -0.0469. The van der Waals surface area contributed by atoms with E-state index in [1.54, 1.807) is 7.11 Å². The zero-order valence-corrected chi connectivity index (χ0v) is 15.2. The monoisotopic (exact) mass is 349 g/mol. The normalized spacial score (nSPS) is 18.1. The molecule has 2 aliphatic heterocycles. The van der Waals surface area contributed by atoms with Gasteiger partial charge in [-0.15, -0.1) is 0 Å². The molecule has 134 valence electrons. The largest absolute Gasteiger partial charge is 0.497 e. The Balaban J connectivity index is 1.50. The molecule has 26 heavy (non-hydrogen) atoms. The summed E-state index contributed by atoms with van der Waals surface area (Å²) in [6, 6.07) is 14.3. The molecule has 2 aromatic carbocycles. The minimum absolute atomic E-state index is 0.0469. The highest BCUT2D eigenvalue weighted by Crippen LogP contribution is 2.34. The lowest BCUT2D eigenvalue weighted by molar-refractivity contribution is -0.110. The molecule has 2 aliphatic rings. The first-order valence-electron chi connectivity index (χ1n) is 8.91. The van der Waals surface area contributed by atoms with Gasteiger partial charge in [0.1, 0.15) is 5.75 Å². The van der Waals surface area contributed by atoms with Gasteiger partial charge in [0.2, 0.25) is 0 Å². The van der Waals surface area contributed by atoms with Crippen molar-refractivity contribution in [3.05, 3.63) is 59.8 Å². The van der Waals surface area contributed by atoms with E-state index in [4.69, 9.17) is 4.74 Å². The van der Waals surface area contributed by atoms with Gasteiger partial charge in [-0.05, 0) is 42.8 Å². The number of carbonyl (C=O) groups is 1. The minimum Gasteiger partial charge on any atom is -0.497 e. The fourth-order valence-corrected chi connectivity index (χ4v) is 3.54. The Morgan fingerprint density at radius 1 is 1.08 bits per heavy atom. The van der Waals surface area contributed by atoms with Crippen LogP contribution in [0.5, 0.6) is 5.75 Å². The lowest BCUT2D eigenvalue weighted by Crippen LogP contribution is -2.44. The number of aryl methyl sites for hydroxylation is 1. The number of ether oxygens (including phenoxy) is 1. The summed E-state index contributed by atoms with van der Waals surface area (Å²) in [5.41, 5.74) is 5.02. The van der Waals surface area contributed by atoms with Gasteiger partial charge in [0.25, 0.3) is 5.91 Å². The second kappa shape index (κ2) is 6.75. The fraction of sp³-hybridized carbons (Fsp3) is 0.286. The molecule has 0 spiro atoms. The highest BCUT2D eigenvalue weighted by molar-refractivity contribution is 6.31. The van der Waals surface area contributed by atoms with Gasteiger partial charge in [-0.1, -0.05) is 12.1 Å². The van der Waals surface area contributed by atoms with Crippen molar-refractivity contribution < 1.29 is 9.53 Å². The summed E-state index contributed by atoms with van der Waals surface area (Å²) in [7, 11) is 1.64. The third kappa shape index (κ3) is 3.12. The van der Waals surface area contributed by atoms with Crippen LogP contribution in [-0.2, 0) is 4.79 Å². The number of benzene rings is 2. The van der Waals surface area contributed by atoms with Gasteiger partial charge >= 0.3 is 0 Å². The van der Waals surface area contributed by atoms with Crippen molar-refractivity contribution in [2.45, 2.75) is 6.92 Å². The summed E-state index contributed by atoms with van der Waals surface area (Å²) in [6.45, 7) is 5.79. The summed E-state index contributed by atoms with van der Waals surface area (Å²) in [5.74, 6) is 0.713. The van der Waals surface area contributed by atoms with Crippen molar-refractivity contribution in [1.29, 1.82) is 0 Å². The Bertz CT molecular complexity index is 867. The van der Waals surface area contributed by atoms with Gasteiger partial charge in [0.15, 0.2) is 0 Å². The van der Waals surface area contributed by atoms with E-state index in [9.17, 15) is 4.79 Å². The van der Waals surface area contributed by atoms with E-state index in [2.05, 4.69) is 46.3 Å². The Morgan fingerprint density at radius 2 is 1.88 bits per heavy atom. The first-order chi connectivity index (χ1) is 12.6. The summed E-state index contributed by atoms with van der Waals surface area (Å²) >= 11 is 0. The quantitative estimate of drug-likeness (QED) is 0.865. The molecule has 2 aromatic rings. The van der Waals surface area contributed by atoms with E-state index in [-0.39, 0.29) is 5.91 Å². The third-order valence-corrected chi connectivity index (χ3v) is 5.00. The number of rotatable bonds is 3. The van der Waals surface area contributed by atoms with E-state index < -0.39 is 0 Å². The molecule has 0 atom stereocenters. The molecule has 5 nitrogen and oxygen atoms in total. The first-order valence-corrected chi connectivity index (χ1v) is 8.91. The molecular formula is C21H23N3O2.